The molecule has 0 unspecified atom stereocenters. The van der Waals surface area contributed by atoms with E-state index < -0.39 is 17.4 Å². The Morgan fingerprint density at radius 1 is 0.696 bits per heavy atom. The van der Waals surface area contributed by atoms with Crippen LogP contribution in [-0.4, -0.2) is 25.2 Å². The summed E-state index contributed by atoms with van der Waals surface area (Å²) < 4.78 is 10.1. The van der Waals surface area contributed by atoms with Crippen LogP contribution in [0.4, 0.5) is 0 Å². The maximum atomic E-state index is 11.9. The first kappa shape index (κ1) is 21.9. The minimum absolute atomic E-state index is 0.272. The van der Waals surface area contributed by atoms with Gasteiger partial charge in [-0.2, -0.15) is 0 Å². The molecule has 0 saturated heterocycles. The SMILES string of the molecule is CCCCCCCCCCCCOC(=O)C(C)(C)C(=O)OCC. The van der Waals surface area contributed by atoms with Gasteiger partial charge in [0.15, 0.2) is 5.41 Å². The van der Waals surface area contributed by atoms with Crippen molar-refractivity contribution in [2.24, 2.45) is 5.41 Å². The molecule has 0 aliphatic rings. The zero-order chi connectivity index (χ0) is 17.6. The summed E-state index contributed by atoms with van der Waals surface area (Å²) in [5, 5.41) is 0. The van der Waals surface area contributed by atoms with Gasteiger partial charge in [0, 0.05) is 0 Å². The summed E-state index contributed by atoms with van der Waals surface area (Å²) in [4.78, 5) is 23.6. The normalized spacial score (nSPS) is 11.3. The van der Waals surface area contributed by atoms with E-state index >= 15 is 0 Å². The number of unbranched alkanes of at least 4 members (excludes halogenated alkanes) is 9. The highest BCUT2D eigenvalue weighted by Gasteiger charge is 2.39. The van der Waals surface area contributed by atoms with Gasteiger partial charge in [-0.15, -0.1) is 0 Å². The van der Waals surface area contributed by atoms with E-state index in [1.54, 1.807) is 20.8 Å². The predicted octanol–water partition coefficient (Wildman–Crippen LogP) is 5.04. The summed E-state index contributed by atoms with van der Waals surface area (Å²) in [5.74, 6) is -1.01. The fourth-order valence-electron chi connectivity index (χ4n) is 2.33. The number of esters is 2. The van der Waals surface area contributed by atoms with Crippen molar-refractivity contribution in [3.8, 4) is 0 Å². The second-order valence-corrected chi connectivity index (χ2v) is 6.66. The average molecular weight is 328 g/mol. The molecule has 0 amide bonds. The Bertz CT molecular complexity index is 323. The molecule has 0 atom stereocenters. The molecule has 0 rings (SSSR count). The lowest BCUT2D eigenvalue weighted by molar-refractivity contribution is -0.169. The first-order valence-corrected chi connectivity index (χ1v) is 9.31. The molecule has 0 N–H and O–H groups in total. The maximum Gasteiger partial charge on any atom is 0.322 e. The van der Waals surface area contributed by atoms with Crippen molar-refractivity contribution >= 4 is 11.9 Å². The van der Waals surface area contributed by atoms with Crippen LogP contribution in [0.2, 0.25) is 0 Å². The van der Waals surface area contributed by atoms with Gasteiger partial charge in [0.2, 0.25) is 0 Å². The van der Waals surface area contributed by atoms with Crippen LogP contribution >= 0.6 is 0 Å². The number of ether oxygens (including phenoxy) is 2. The Morgan fingerprint density at radius 3 is 1.61 bits per heavy atom. The van der Waals surface area contributed by atoms with E-state index in [0.717, 1.165) is 12.8 Å². The molecule has 0 fully saturated rings. The fourth-order valence-corrected chi connectivity index (χ4v) is 2.33. The van der Waals surface area contributed by atoms with Gasteiger partial charge in [-0.05, 0) is 27.2 Å². The van der Waals surface area contributed by atoms with Crippen molar-refractivity contribution in [3.63, 3.8) is 0 Å². The number of carbonyl (C=O) groups excluding carboxylic acids is 2. The molecule has 0 bridgehead atoms. The van der Waals surface area contributed by atoms with Crippen molar-refractivity contribution in [2.45, 2.75) is 91.9 Å². The smallest absolute Gasteiger partial charge is 0.322 e. The van der Waals surface area contributed by atoms with Gasteiger partial charge in [-0.1, -0.05) is 64.7 Å². The summed E-state index contributed by atoms with van der Waals surface area (Å²) in [5.41, 5.74) is -1.21. The van der Waals surface area contributed by atoms with Crippen molar-refractivity contribution in [1.29, 1.82) is 0 Å². The highest BCUT2D eigenvalue weighted by Crippen LogP contribution is 2.20. The highest BCUT2D eigenvalue weighted by atomic mass is 16.6. The standard InChI is InChI=1S/C19H36O4/c1-5-7-8-9-10-11-12-13-14-15-16-23-18(21)19(3,4)17(20)22-6-2/h5-16H2,1-4H3. The minimum atomic E-state index is -1.21. The van der Waals surface area contributed by atoms with Crippen LogP contribution in [0.3, 0.4) is 0 Å². The minimum Gasteiger partial charge on any atom is -0.465 e. The third-order valence-electron chi connectivity index (χ3n) is 4.03. The first-order chi connectivity index (χ1) is 11.0. The van der Waals surface area contributed by atoms with Crippen LogP contribution in [0, 0.1) is 5.41 Å². The Balaban J connectivity index is 3.57. The maximum absolute atomic E-state index is 11.9. The molecule has 136 valence electrons. The second kappa shape index (κ2) is 13.4. The van der Waals surface area contributed by atoms with E-state index in [0.29, 0.717) is 6.61 Å². The molecule has 0 aromatic rings. The summed E-state index contributed by atoms with van der Waals surface area (Å²) in [7, 11) is 0. The van der Waals surface area contributed by atoms with E-state index in [9.17, 15) is 9.59 Å². The van der Waals surface area contributed by atoms with Crippen LogP contribution in [-0.2, 0) is 19.1 Å². The lowest BCUT2D eigenvalue weighted by atomic mass is 9.94. The zero-order valence-corrected chi connectivity index (χ0v) is 15.6. The third-order valence-corrected chi connectivity index (χ3v) is 4.03. The summed E-state index contributed by atoms with van der Waals surface area (Å²) >= 11 is 0. The highest BCUT2D eigenvalue weighted by molar-refractivity contribution is 5.99. The van der Waals surface area contributed by atoms with E-state index in [4.69, 9.17) is 9.47 Å². The van der Waals surface area contributed by atoms with Crippen LogP contribution in [0.15, 0.2) is 0 Å². The third kappa shape index (κ3) is 10.4. The second-order valence-electron chi connectivity index (χ2n) is 6.66. The van der Waals surface area contributed by atoms with Gasteiger partial charge in [0.25, 0.3) is 0 Å². The summed E-state index contributed by atoms with van der Waals surface area (Å²) in [6, 6.07) is 0. The van der Waals surface area contributed by atoms with E-state index in [1.807, 2.05) is 0 Å². The van der Waals surface area contributed by atoms with Crippen LogP contribution in [0.5, 0.6) is 0 Å². The monoisotopic (exact) mass is 328 g/mol. The van der Waals surface area contributed by atoms with Gasteiger partial charge in [-0.25, -0.2) is 0 Å². The van der Waals surface area contributed by atoms with Gasteiger partial charge in [0.1, 0.15) is 0 Å². The Morgan fingerprint density at radius 2 is 1.13 bits per heavy atom. The zero-order valence-electron chi connectivity index (χ0n) is 15.6. The molecule has 0 spiro atoms. The molecular formula is C19H36O4. The molecule has 0 heterocycles. The molecule has 4 heteroatoms. The van der Waals surface area contributed by atoms with Crippen molar-refractivity contribution in [3.05, 3.63) is 0 Å². The van der Waals surface area contributed by atoms with Crippen LogP contribution in [0.1, 0.15) is 91.9 Å². The topological polar surface area (TPSA) is 52.6 Å². The Kier molecular flexibility index (Phi) is 12.8. The van der Waals surface area contributed by atoms with Gasteiger partial charge in [0.05, 0.1) is 13.2 Å². The van der Waals surface area contributed by atoms with E-state index in [1.165, 1.54) is 51.4 Å². The van der Waals surface area contributed by atoms with Crippen LogP contribution < -0.4 is 0 Å². The molecule has 0 aromatic carbocycles. The van der Waals surface area contributed by atoms with E-state index in [-0.39, 0.29) is 6.61 Å². The molecule has 0 aromatic heterocycles. The molecule has 0 radical (unpaired) electrons. The molecule has 0 saturated carbocycles. The van der Waals surface area contributed by atoms with Crippen molar-refractivity contribution in [1.82, 2.24) is 0 Å². The van der Waals surface area contributed by atoms with Crippen molar-refractivity contribution < 1.29 is 19.1 Å². The van der Waals surface area contributed by atoms with Crippen molar-refractivity contribution in [2.75, 3.05) is 13.2 Å². The number of rotatable bonds is 14. The Hall–Kier alpha value is -1.06. The van der Waals surface area contributed by atoms with Crippen LogP contribution in [0.25, 0.3) is 0 Å². The molecule has 0 aliphatic carbocycles. The molecule has 0 aliphatic heterocycles. The summed E-state index contributed by atoms with van der Waals surface area (Å²) in [6.45, 7) is 7.72. The van der Waals surface area contributed by atoms with Gasteiger partial charge >= 0.3 is 11.9 Å². The lowest BCUT2D eigenvalue weighted by Crippen LogP contribution is -2.36. The molecular weight excluding hydrogens is 292 g/mol. The number of hydrogen-bond acceptors (Lipinski definition) is 4. The fraction of sp³-hybridized carbons (Fsp3) is 0.895. The largest absolute Gasteiger partial charge is 0.465 e. The number of hydrogen-bond donors (Lipinski definition) is 0. The lowest BCUT2D eigenvalue weighted by Gasteiger charge is -2.20. The summed E-state index contributed by atoms with van der Waals surface area (Å²) in [6.07, 6.45) is 12.4. The Labute approximate surface area is 142 Å². The quantitative estimate of drug-likeness (QED) is 0.255. The predicted molar refractivity (Wildman–Crippen MR) is 93.2 cm³/mol. The molecule has 23 heavy (non-hydrogen) atoms. The van der Waals surface area contributed by atoms with Gasteiger partial charge < -0.3 is 9.47 Å². The average Bonchev–Trinajstić information content (AvgIpc) is 2.52. The first-order valence-electron chi connectivity index (χ1n) is 9.31. The van der Waals surface area contributed by atoms with Gasteiger partial charge in [-0.3, -0.25) is 9.59 Å². The van der Waals surface area contributed by atoms with E-state index in [2.05, 4.69) is 6.92 Å². The number of carbonyl (C=O) groups is 2. The molecule has 4 nitrogen and oxygen atoms in total.